The van der Waals surface area contributed by atoms with E-state index in [1.165, 1.54) is 22.5 Å². The number of nitrogens with one attached hydrogen (secondary N) is 1. The number of nitrogens with zero attached hydrogens (tertiary/aromatic N) is 1. The van der Waals surface area contributed by atoms with Gasteiger partial charge in [0.05, 0.1) is 12.1 Å². The van der Waals surface area contributed by atoms with E-state index in [2.05, 4.69) is 28.5 Å². The van der Waals surface area contributed by atoms with Crippen LogP contribution in [0.15, 0.2) is 29.6 Å². The summed E-state index contributed by atoms with van der Waals surface area (Å²) in [4.78, 5) is 16.7. The van der Waals surface area contributed by atoms with Gasteiger partial charge in [-0.05, 0) is 37.3 Å². The topological polar surface area (TPSA) is 68.0 Å². The molecule has 3 rings (SSSR count). The quantitative estimate of drug-likeness (QED) is 0.916. The normalized spacial score (nSPS) is 18.9. The molecule has 110 valence electrons. The monoisotopic (exact) mass is 301 g/mol. The average molecular weight is 301 g/mol. The molecule has 1 aliphatic rings. The van der Waals surface area contributed by atoms with Gasteiger partial charge in [0.2, 0.25) is 0 Å². The first-order chi connectivity index (χ1) is 10.1. The molecule has 1 heterocycles. The van der Waals surface area contributed by atoms with Crippen LogP contribution in [0.1, 0.15) is 58.5 Å². The number of hydrogen-bond donors (Lipinski definition) is 2. The number of nitrogens with two attached hydrogens (primary N) is 1. The molecule has 0 aliphatic heterocycles. The number of carbonyl (C=O) groups is 1. The third-order valence-corrected chi connectivity index (χ3v) is 4.86. The van der Waals surface area contributed by atoms with E-state index in [0.29, 0.717) is 5.69 Å². The van der Waals surface area contributed by atoms with Gasteiger partial charge in [-0.15, -0.1) is 11.3 Å². The summed E-state index contributed by atoms with van der Waals surface area (Å²) in [5, 5.41) is 5.68. The van der Waals surface area contributed by atoms with Crippen molar-refractivity contribution in [3.05, 3.63) is 51.5 Å². The largest absolute Gasteiger partial charge is 0.344 e. The van der Waals surface area contributed by atoms with Crippen molar-refractivity contribution in [3.63, 3.8) is 0 Å². The molecule has 3 N–H and O–H groups in total. The highest BCUT2D eigenvalue weighted by molar-refractivity contribution is 7.09. The fourth-order valence-electron chi connectivity index (χ4n) is 2.74. The van der Waals surface area contributed by atoms with Gasteiger partial charge in [0.15, 0.2) is 0 Å². The van der Waals surface area contributed by atoms with E-state index in [-0.39, 0.29) is 18.0 Å². The lowest BCUT2D eigenvalue weighted by molar-refractivity contribution is 0.0928. The Morgan fingerprint density at radius 3 is 3.05 bits per heavy atom. The van der Waals surface area contributed by atoms with Crippen molar-refractivity contribution in [1.82, 2.24) is 10.3 Å². The summed E-state index contributed by atoms with van der Waals surface area (Å²) in [7, 11) is 0. The Hall–Kier alpha value is -1.72. The third kappa shape index (κ3) is 2.99. The van der Waals surface area contributed by atoms with Crippen molar-refractivity contribution in [2.75, 3.05) is 0 Å². The van der Waals surface area contributed by atoms with Crippen molar-refractivity contribution in [2.24, 2.45) is 5.73 Å². The van der Waals surface area contributed by atoms with Crippen LogP contribution >= 0.6 is 11.3 Å². The molecule has 0 fully saturated rings. The van der Waals surface area contributed by atoms with E-state index in [9.17, 15) is 4.79 Å². The summed E-state index contributed by atoms with van der Waals surface area (Å²) in [5.41, 5.74) is 8.83. The molecule has 0 saturated carbocycles. The second kappa shape index (κ2) is 5.95. The molecule has 0 bridgehead atoms. The van der Waals surface area contributed by atoms with E-state index < -0.39 is 0 Å². The van der Waals surface area contributed by atoms with Crippen molar-refractivity contribution in [1.29, 1.82) is 0 Å². The molecule has 0 radical (unpaired) electrons. The van der Waals surface area contributed by atoms with Crippen molar-refractivity contribution in [2.45, 2.75) is 38.3 Å². The van der Waals surface area contributed by atoms with Crippen LogP contribution in [0, 0.1) is 0 Å². The molecule has 4 nitrogen and oxygen atoms in total. The first kappa shape index (κ1) is 14.2. The zero-order valence-corrected chi connectivity index (χ0v) is 12.8. The fourth-order valence-corrected chi connectivity index (χ4v) is 3.49. The van der Waals surface area contributed by atoms with Gasteiger partial charge in [0, 0.05) is 5.38 Å². The van der Waals surface area contributed by atoms with E-state index in [0.717, 1.165) is 24.3 Å². The third-order valence-electron chi connectivity index (χ3n) is 3.82. The summed E-state index contributed by atoms with van der Waals surface area (Å²) in [6.07, 6.45) is 3.17. The van der Waals surface area contributed by atoms with Crippen LogP contribution in [-0.2, 0) is 6.42 Å². The van der Waals surface area contributed by atoms with E-state index in [1.54, 1.807) is 5.38 Å². The molecular formula is C16H19N3OS. The van der Waals surface area contributed by atoms with Crippen LogP contribution in [0.3, 0.4) is 0 Å². The lowest BCUT2D eigenvalue weighted by Crippen LogP contribution is -2.31. The predicted molar refractivity (Wildman–Crippen MR) is 84.3 cm³/mol. The lowest BCUT2D eigenvalue weighted by atomic mass is 9.88. The van der Waals surface area contributed by atoms with Gasteiger partial charge in [-0.3, -0.25) is 4.79 Å². The molecule has 2 atom stereocenters. The average Bonchev–Trinajstić information content (AvgIpc) is 2.98. The highest BCUT2D eigenvalue weighted by Gasteiger charge is 2.23. The SMILES string of the molecule is CC(N)c1nc(C(=O)NC2CCCc3ccccc32)cs1. The Kier molecular flexibility index (Phi) is 4.03. The summed E-state index contributed by atoms with van der Waals surface area (Å²) >= 11 is 1.44. The number of hydrogen-bond acceptors (Lipinski definition) is 4. The minimum Gasteiger partial charge on any atom is -0.344 e. The molecule has 0 spiro atoms. The number of rotatable bonds is 3. The second-order valence-corrected chi connectivity index (χ2v) is 6.37. The zero-order valence-electron chi connectivity index (χ0n) is 12.0. The Balaban J connectivity index is 1.76. The fraction of sp³-hybridized carbons (Fsp3) is 0.375. The molecule has 21 heavy (non-hydrogen) atoms. The second-order valence-electron chi connectivity index (χ2n) is 5.48. The molecule has 1 aromatic carbocycles. The molecule has 0 saturated heterocycles. The van der Waals surface area contributed by atoms with Crippen molar-refractivity contribution in [3.8, 4) is 0 Å². The van der Waals surface area contributed by atoms with Crippen LogP contribution in [0.25, 0.3) is 0 Å². The number of carbonyl (C=O) groups excluding carboxylic acids is 1. The molecular weight excluding hydrogens is 282 g/mol. The van der Waals surface area contributed by atoms with Gasteiger partial charge in [0.25, 0.3) is 5.91 Å². The number of fused-ring (bicyclic) bond motifs is 1. The Bertz CT molecular complexity index is 650. The Morgan fingerprint density at radius 1 is 1.48 bits per heavy atom. The maximum absolute atomic E-state index is 12.4. The van der Waals surface area contributed by atoms with Crippen molar-refractivity contribution >= 4 is 17.2 Å². The Morgan fingerprint density at radius 2 is 2.29 bits per heavy atom. The van der Waals surface area contributed by atoms with Crippen LogP contribution in [0.2, 0.25) is 0 Å². The van der Waals surface area contributed by atoms with E-state index in [1.807, 2.05) is 13.0 Å². The van der Waals surface area contributed by atoms with Crippen molar-refractivity contribution < 1.29 is 4.79 Å². The van der Waals surface area contributed by atoms with Gasteiger partial charge < -0.3 is 11.1 Å². The molecule has 5 heteroatoms. The number of amides is 1. The summed E-state index contributed by atoms with van der Waals surface area (Å²) in [6.45, 7) is 1.87. The van der Waals surface area contributed by atoms with E-state index in [4.69, 9.17) is 5.73 Å². The smallest absolute Gasteiger partial charge is 0.271 e. The summed E-state index contributed by atoms with van der Waals surface area (Å²) in [6, 6.07) is 8.28. The number of thiazole rings is 1. The van der Waals surface area contributed by atoms with Gasteiger partial charge in [-0.2, -0.15) is 0 Å². The highest BCUT2D eigenvalue weighted by Crippen LogP contribution is 2.29. The zero-order chi connectivity index (χ0) is 14.8. The summed E-state index contributed by atoms with van der Waals surface area (Å²) < 4.78 is 0. The van der Waals surface area contributed by atoms with Gasteiger partial charge >= 0.3 is 0 Å². The van der Waals surface area contributed by atoms with Gasteiger partial charge in [0.1, 0.15) is 10.7 Å². The van der Waals surface area contributed by atoms with Crippen LogP contribution in [-0.4, -0.2) is 10.9 Å². The maximum Gasteiger partial charge on any atom is 0.271 e. The molecule has 1 aromatic heterocycles. The predicted octanol–water partition coefficient (Wildman–Crippen LogP) is 2.97. The number of benzene rings is 1. The lowest BCUT2D eigenvalue weighted by Gasteiger charge is -2.26. The minimum atomic E-state index is -0.132. The highest BCUT2D eigenvalue weighted by atomic mass is 32.1. The molecule has 1 amide bonds. The van der Waals surface area contributed by atoms with Gasteiger partial charge in [-0.1, -0.05) is 24.3 Å². The van der Waals surface area contributed by atoms with E-state index >= 15 is 0 Å². The number of aryl methyl sites for hydroxylation is 1. The molecule has 2 unspecified atom stereocenters. The van der Waals surface area contributed by atoms with Crippen LogP contribution in [0.5, 0.6) is 0 Å². The Labute approximate surface area is 128 Å². The molecule has 1 aliphatic carbocycles. The van der Waals surface area contributed by atoms with Gasteiger partial charge in [-0.25, -0.2) is 4.98 Å². The summed E-state index contributed by atoms with van der Waals surface area (Å²) in [5.74, 6) is -0.111. The van der Waals surface area contributed by atoms with Crippen LogP contribution < -0.4 is 11.1 Å². The molecule has 2 aromatic rings. The minimum absolute atomic E-state index is 0.0860. The number of aromatic nitrogens is 1. The standard InChI is InChI=1S/C16H19N3OS/c1-10(17)16-19-14(9-21-16)15(20)18-13-8-4-6-11-5-2-3-7-12(11)13/h2-3,5,7,9-10,13H,4,6,8,17H2,1H3,(H,18,20). The maximum atomic E-state index is 12.4. The van der Waals surface area contributed by atoms with Crippen LogP contribution in [0.4, 0.5) is 0 Å². The first-order valence-electron chi connectivity index (χ1n) is 7.25. The first-order valence-corrected chi connectivity index (χ1v) is 8.13.